The molecule has 2 unspecified atom stereocenters. The zero-order valence-electron chi connectivity index (χ0n) is 11.7. The molecule has 106 valence electrons. The molecule has 0 amide bonds. The number of benzene rings is 1. The predicted molar refractivity (Wildman–Crippen MR) is 77.6 cm³/mol. The summed E-state index contributed by atoms with van der Waals surface area (Å²) in [6.07, 6.45) is 0.543. The average molecular weight is 284 g/mol. The minimum atomic E-state index is -0.482. The third kappa shape index (κ3) is 3.29. The lowest BCUT2D eigenvalue weighted by Crippen LogP contribution is -2.37. The van der Waals surface area contributed by atoms with Crippen LogP contribution in [0.1, 0.15) is 31.0 Å². The second-order valence-corrected chi connectivity index (χ2v) is 6.40. The van der Waals surface area contributed by atoms with Crippen LogP contribution in [-0.2, 0) is 11.2 Å². The molecule has 0 saturated carbocycles. The van der Waals surface area contributed by atoms with E-state index in [2.05, 4.69) is 25.2 Å². The van der Waals surface area contributed by atoms with E-state index in [9.17, 15) is 5.11 Å². The van der Waals surface area contributed by atoms with Crippen LogP contribution < -0.4 is 5.32 Å². The Labute approximate surface area is 119 Å². The molecule has 0 bridgehead atoms. The van der Waals surface area contributed by atoms with Gasteiger partial charge in [0.15, 0.2) is 0 Å². The van der Waals surface area contributed by atoms with Gasteiger partial charge in [0.1, 0.15) is 0 Å². The molecule has 0 spiro atoms. The van der Waals surface area contributed by atoms with E-state index < -0.39 is 6.10 Å². The monoisotopic (exact) mass is 283 g/mol. The average Bonchev–Trinajstić information content (AvgIpc) is 2.57. The Hall–Kier alpha value is -0.610. The summed E-state index contributed by atoms with van der Waals surface area (Å²) >= 11 is 6.10. The van der Waals surface area contributed by atoms with E-state index in [1.165, 1.54) is 11.1 Å². The molecule has 4 heteroatoms. The zero-order chi connectivity index (χ0) is 14.0. The quantitative estimate of drug-likeness (QED) is 0.873. The van der Waals surface area contributed by atoms with Crippen LogP contribution in [0.5, 0.6) is 0 Å². The fourth-order valence-corrected chi connectivity index (χ4v) is 3.08. The van der Waals surface area contributed by atoms with Crippen molar-refractivity contribution in [3.63, 3.8) is 0 Å². The van der Waals surface area contributed by atoms with Crippen molar-refractivity contribution in [1.82, 2.24) is 5.32 Å². The molecule has 1 aliphatic carbocycles. The number of hydrogen-bond acceptors (Lipinski definition) is 3. The van der Waals surface area contributed by atoms with Gasteiger partial charge in [-0.2, -0.15) is 0 Å². The minimum Gasteiger partial charge on any atom is -0.389 e. The third-order valence-electron chi connectivity index (χ3n) is 3.76. The number of hydrogen-bond donors (Lipinski definition) is 2. The van der Waals surface area contributed by atoms with E-state index in [4.69, 9.17) is 16.3 Å². The fraction of sp³-hybridized carbons (Fsp3) is 0.600. The Morgan fingerprint density at radius 1 is 1.53 bits per heavy atom. The second-order valence-electron chi connectivity index (χ2n) is 5.96. The Morgan fingerprint density at radius 3 is 2.95 bits per heavy atom. The highest BCUT2D eigenvalue weighted by Gasteiger charge is 2.38. The van der Waals surface area contributed by atoms with Crippen LogP contribution >= 0.6 is 11.6 Å². The number of methoxy groups -OCH3 is 1. The maximum absolute atomic E-state index is 9.77. The first-order chi connectivity index (χ1) is 8.94. The zero-order valence-corrected chi connectivity index (χ0v) is 12.5. The number of aliphatic hydroxyl groups is 1. The molecule has 0 fully saturated rings. The topological polar surface area (TPSA) is 41.5 Å². The Balaban J connectivity index is 2.12. The van der Waals surface area contributed by atoms with E-state index in [1.807, 2.05) is 12.1 Å². The summed E-state index contributed by atoms with van der Waals surface area (Å²) in [5.74, 6) is 0. The maximum atomic E-state index is 9.77. The van der Waals surface area contributed by atoms with E-state index in [0.29, 0.717) is 13.2 Å². The first-order valence-corrected chi connectivity index (χ1v) is 7.00. The molecule has 2 N–H and O–H groups in total. The lowest BCUT2D eigenvalue weighted by atomic mass is 9.85. The van der Waals surface area contributed by atoms with Crippen LogP contribution in [0.2, 0.25) is 5.02 Å². The van der Waals surface area contributed by atoms with Crippen molar-refractivity contribution < 1.29 is 9.84 Å². The van der Waals surface area contributed by atoms with Gasteiger partial charge in [-0.15, -0.1) is 0 Å². The predicted octanol–water partition coefficient (Wildman–Crippen LogP) is 2.56. The van der Waals surface area contributed by atoms with Gasteiger partial charge in [0.25, 0.3) is 0 Å². The smallest absolute Gasteiger partial charge is 0.0897 e. The molecule has 1 aromatic rings. The van der Waals surface area contributed by atoms with E-state index in [0.717, 1.165) is 11.4 Å². The van der Waals surface area contributed by atoms with Crippen molar-refractivity contribution in [3.05, 3.63) is 34.3 Å². The molecular weight excluding hydrogens is 262 g/mol. The summed E-state index contributed by atoms with van der Waals surface area (Å²) in [5, 5.41) is 14.0. The Morgan fingerprint density at radius 2 is 2.26 bits per heavy atom. The summed E-state index contributed by atoms with van der Waals surface area (Å²) in [6.45, 7) is 5.35. The molecular formula is C15H22ClNO2. The van der Waals surface area contributed by atoms with Crippen molar-refractivity contribution in [2.24, 2.45) is 5.41 Å². The van der Waals surface area contributed by atoms with Crippen molar-refractivity contribution in [1.29, 1.82) is 0 Å². The van der Waals surface area contributed by atoms with Gasteiger partial charge in [-0.05, 0) is 35.1 Å². The molecule has 0 aromatic heterocycles. The third-order valence-corrected chi connectivity index (χ3v) is 4.00. The van der Waals surface area contributed by atoms with Crippen LogP contribution in [0, 0.1) is 5.41 Å². The van der Waals surface area contributed by atoms with E-state index in [1.54, 1.807) is 7.11 Å². The highest BCUT2D eigenvalue weighted by molar-refractivity contribution is 6.30. The molecule has 1 aromatic carbocycles. The van der Waals surface area contributed by atoms with Crippen LogP contribution in [0.3, 0.4) is 0 Å². The lowest BCUT2D eigenvalue weighted by molar-refractivity contribution is 0.0593. The molecule has 0 heterocycles. The molecule has 19 heavy (non-hydrogen) atoms. The summed E-state index contributed by atoms with van der Waals surface area (Å²) in [4.78, 5) is 0. The fourth-order valence-electron chi connectivity index (χ4n) is 2.90. The molecule has 0 saturated heterocycles. The van der Waals surface area contributed by atoms with Crippen molar-refractivity contribution in [2.75, 3.05) is 20.3 Å². The van der Waals surface area contributed by atoms with Gasteiger partial charge in [0.2, 0.25) is 0 Å². The molecule has 2 atom stereocenters. The number of rotatable bonds is 5. The van der Waals surface area contributed by atoms with Crippen LogP contribution in [0.15, 0.2) is 18.2 Å². The molecule has 1 aliphatic rings. The minimum absolute atomic E-state index is 0.125. The van der Waals surface area contributed by atoms with Gasteiger partial charge in [-0.1, -0.05) is 31.5 Å². The number of fused-ring (bicyclic) bond motifs is 1. The van der Waals surface area contributed by atoms with Crippen molar-refractivity contribution in [3.8, 4) is 0 Å². The summed E-state index contributed by atoms with van der Waals surface area (Å²) in [6, 6.07) is 6.30. The van der Waals surface area contributed by atoms with Gasteiger partial charge in [0, 0.05) is 24.7 Å². The molecule has 3 nitrogen and oxygen atoms in total. The normalized spacial score (nSPS) is 22.3. The van der Waals surface area contributed by atoms with Gasteiger partial charge in [-0.25, -0.2) is 0 Å². The van der Waals surface area contributed by atoms with Gasteiger partial charge in [-0.3, -0.25) is 0 Å². The SMILES string of the molecule is COCC(O)CNC1c2cc(Cl)ccc2CC1(C)C. The Bertz CT molecular complexity index is 448. The highest BCUT2D eigenvalue weighted by Crippen LogP contribution is 2.45. The highest BCUT2D eigenvalue weighted by atomic mass is 35.5. The van der Waals surface area contributed by atoms with Crippen LogP contribution in [-0.4, -0.2) is 31.5 Å². The van der Waals surface area contributed by atoms with Crippen LogP contribution in [0.4, 0.5) is 0 Å². The maximum Gasteiger partial charge on any atom is 0.0897 e. The number of ether oxygens (including phenoxy) is 1. The first-order valence-electron chi connectivity index (χ1n) is 6.63. The van der Waals surface area contributed by atoms with Gasteiger partial charge < -0.3 is 15.2 Å². The first kappa shape index (κ1) is 14.8. The summed E-state index contributed by atoms with van der Waals surface area (Å²) in [7, 11) is 1.60. The van der Waals surface area contributed by atoms with E-state index >= 15 is 0 Å². The number of halogens is 1. The van der Waals surface area contributed by atoms with Crippen molar-refractivity contribution >= 4 is 11.6 Å². The lowest BCUT2D eigenvalue weighted by Gasteiger charge is -2.29. The number of aliphatic hydroxyl groups excluding tert-OH is 1. The molecule has 0 aliphatic heterocycles. The molecule has 2 rings (SSSR count). The van der Waals surface area contributed by atoms with Crippen LogP contribution in [0.25, 0.3) is 0 Å². The van der Waals surface area contributed by atoms with E-state index in [-0.39, 0.29) is 11.5 Å². The summed E-state index contributed by atoms with van der Waals surface area (Å²) in [5.41, 5.74) is 2.72. The summed E-state index contributed by atoms with van der Waals surface area (Å²) < 4.78 is 4.95. The number of nitrogens with one attached hydrogen (secondary N) is 1. The largest absolute Gasteiger partial charge is 0.389 e. The molecule has 0 radical (unpaired) electrons. The standard InChI is InChI=1S/C15H22ClNO2/c1-15(2)7-10-4-5-11(16)6-13(10)14(15)17-8-12(18)9-19-3/h4-6,12,14,17-18H,7-9H2,1-3H3. The second kappa shape index (κ2) is 5.80. The van der Waals surface area contributed by atoms with Gasteiger partial charge in [0.05, 0.1) is 12.7 Å². The van der Waals surface area contributed by atoms with Gasteiger partial charge >= 0.3 is 0 Å². The van der Waals surface area contributed by atoms with Crippen molar-refractivity contribution in [2.45, 2.75) is 32.4 Å². The Kier molecular flexibility index (Phi) is 4.51.